The van der Waals surface area contributed by atoms with Gasteiger partial charge in [0.05, 0.1) is 12.7 Å². The van der Waals surface area contributed by atoms with Crippen molar-refractivity contribution in [3.05, 3.63) is 23.2 Å². The van der Waals surface area contributed by atoms with E-state index in [1.165, 1.54) is 4.85 Å². The van der Waals surface area contributed by atoms with Crippen molar-refractivity contribution in [2.45, 2.75) is 26.1 Å². The maximum Gasteiger partial charge on any atom is 0.145 e. The topological polar surface area (TPSA) is 69.4 Å². The Hall–Kier alpha value is -1.37. The quantitative estimate of drug-likeness (QED) is 0.866. The Morgan fingerprint density at radius 2 is 2.16 bits per heavy atom. The van der Waals surface area contributed by atoms with Gasteiger partial charge in [-0.25, -0.2) is 0 Å². The lowest BCUT2D eigenvalue weighted by atomic mass is 10.3. The smallest absolute Gasteiger partial charge is 0.145 e. The van der Waals surface area contributed by atoms with Crippen molar-refractivity contribution >= 4 is 22.6 Å². The molecule has 0 bridgehead atoms. The van der Waals surface area contributed by atoms with Crippen LogP contribution in [0, 0.1) is 0 Å². The standard InChI is InChI=1S/C12H16ClN3O3/c1-8(2)18-6-10(17)7-19-16-12-5-9(13)3-4-11(12)14-15-16/h3-5,8,10,17H,6-7H2,1-2H3/t10-/m1/s1. The van der Waals surface area contributed by atoms with Crippen molar-refractivity contribution in [1.82, 2.24) is 15.2 Å². The van der Waals surface area contributed by atoms with E-state index in [0.29, 0.717) is 16.1 Å². The molecule has 2 rings (SSSR count). The van der Waals surface area contributed by atoms with Gasteiger partial charge in [0.1, 0.15) is 23.7 Å². The molecule has 1 heterocycles. The first-order valence-corrected chi connectivity index (χ1v) is 6.38. The monoisotopic (exact) mass is 285 g/mol. The maximum absolute atomic E-state index is 9.69. The number of nitrogens with zero attached hydrogens (tertiary/aromatic N) is 3. The van der Waals surface area contributed by atoms with Gasteiger partial charge >= 0.3 is 0 Å². The van der Waals surface area contributed by atoms with Crippen LogP contribution >= 0.6 is 11.6 Å². The highest BCUT2D eigenvalue weighted by atomic mass is 35.5. The van der Waals surface area contributed by atoms with Crippen LogP contribution in [-0.4, -0.2) is 45.7 Å². The molecule has 0 spiro atoms. The second kappa shape index (κ2) is 6.18. The van der Waals surface area contributed by atoms with Crippen LogP contribution in [0.4, 0.5) is 0 Å². The highest BCUT2D eigenvalue weighted by molar-refractivity contribution is 6.31. The number of aliphatic hydroxyl groups is 1. The second-order valence-corrected chi connectivity index (χ2v) is 4.86. The number of halogens is 1. The molecule has 0 saturated heterocycles. The van der Waals surface area contributed by atoms with Crippen LogP contribution in [0.25, 0.3) is 11.0 Å². The highest BCUT2D eigenvalue weighted by Crippen LogP contribution is 2.16. The maximum atomic E-state index is 9.69. The van der Waals surface area contributed by atoms with Gasteiger partial charge in [-0.05, 0) is 37.3 Å². The molecule has 0 unspecified atom stereocenters. The van der Waals surface area contributed by atoms with Crippen LogP contribution in [0.1, 0.15) is 13.8 Å². The van der Waals surface area contributed by atoms with E-state index in [-0.39, 0.29) is 19.3 Å². The molecule has 1 aromatic heterocycles. The van der Waals surface area contributed by atoms with Gasteiger partial charge in [0.2, 0.25) is 0 Å². The van der Waals surface area contributed by atoms with E-state index < -0.39 is 6.10 Å². The van der Waals surface area contributed by atoms with Crippen molar-refractivity contribution in [2.24, 2.45) is 0 Å². The highest BCUT2D eigenvalue weighted by Gasteiger charge is 2.10. The lowest BCUT2D eigenvalue weighted by molar-refractivity contribution is -0.0433. The van der Waals surface area contributed by atoms with E-state index in [9.17, 15) is 5.11 Å². The molecule has 1 aromatic carbocycles. The number of rotatable bonds is 6. The molecule has 0 saturated carbocycles. The number of aliphatic hydroxyl groups excluding tert-OH is 1. The molecule has 0 aliphatic heterocycles. The summed E-state index contributed by atoms with van der Waals surface area (Å²) in [7, 11) is 0. The van der Waals surface area contributed by atoms with Gasteiger partial charge in [0.15, 0.2) is 0 Å². The van der Waals surface area contributed by atoms with Crippen LogP contribution in [0.5, 0.6) is 0 Å². The normalized spacial score (nSPS) is 13.1. The first-order valence-electron chi connectivity index (χ1n) is 6.00. The molecule has 104 valence electrons. The molecule has 19 heavy (non-hydrogen) atoms. The van der Waals surface area contributed by atoms with Crippen LogP contribution in [0.15, 0.2) is 18.2 Å². The van der Waals surface area contributed by atoms with Crippen molar-refractivity contribution in [2.75, 3.05) is 13.2 Å². The van der Waals surface area contributed by atoms with Gasteiger partial charge in [-0.3, -0.25) is 0 Å². The summed E-state index contributed by atoms with van der Waals surface area (Å²) in [5, 5.41) is 18.0. The molecule has 0 aliphatic carbocycles. The Bertz CT molecular complexity index is 544. The van der Waals surface area contributed by atoms with E-state index in [2.05, 4.69) is 10.3 Å². The van der Waals surface area contributed by atoms with E-state index >= 15 is 0 Å². The molecule has 0 amide bonds. The molecule has 0 aliphatic rings. The molecule has 0 fully saturated rings. The molecule has 1 atom stereocenters. The summed E-state index contributed by atoms with van der Waals surface area (Å²) in [6, 6.07) is 5.19. The van der Waals surface area contributed by atoms with E-state index in [0.717, 1.165) is 0 Å². The first kappa shape index (κ1) is 14.0. The largest absolute Gasteiger partial charge is 0.392 e. The number of ether oxygens (including phenoxy) is 1. The molecular formula is C12H16ClN3O3. The fraction of sp³-hybridized carbons (Fsp3) is 0.500. The first-order chi connectivity index (χ1) is 9.06. The van der Waals surface area contributed by atoms with Gasteiger partial charge < -0.3 is 14.7 Å². The summed E-state index contributed by atoms with van der Waals surface area (Å²) in [4.78, 5) is 6.61. The van der Waals surface area contributed by atoms with Crippen LogP contribution in [0.3, 0.4) is 0 Å². The molecule has 7 heteroatoms. The van der Waals surface area contributed by atoms with Crippen molar-refractivity contribution in [1.29, 1.82) is 0 Å². The Labute approximate surface area is 115 Å². The summed E-state index contributed by atoms with van der Waals surface area (Å²) in [5.74, 6) is 0. The molecule has 2 aromatic rings. The summed E-state index contributed by atoms with van der Waals surface area (Å²) in [6.45, 7) is 4.09. The Morgan fingerprint density at radius 3 is 2.89 bits per heavy atom. The number of fused-ring (bicyclic) bond motifs is 1. The predicted molar refractivity (Wildman–Crippen MR) is 71.1 cm³/mol. The number of benzene rings is 1. The number of aromatic nitrogens is 3. The van der Waals surface area contributed by atoms with Crippen LogP contribution in [-0.2, 0) is 4.74 Å². The summed E-state index contributed by atoms with van der Waals surface area (Å²) in [6.07, 6.45) is -0.651. The van der Waals surface area contributed by atoms with Gasteiger partial charge in [-0.15, -0.1) is 5.10 Å². The van der Waals surface area contributed by atoms with Crippen LogP contribution in [0.2, 0.25) is 5.02 Å². The predicted octanol–water partition coefficient (Wildman–Crippen LogP) is 1.30. The molecule has 1 N–H and O–H groups in total. The van der Waals surface area contributed by atoms with E-state index in [1.807, 2.05) is 13.8 Å². The number of hydrogen-bond donors (Lipinski definition) is 1. The minimum Gasteiger partial charge on any atom is -0.392 e. The fourth-order valence-electron chi connectivity index (χ4n) is 1.47. The van der Waals surface area contributed by atoms with E-state index in [4.69, 9.17) is 21.2 Å². The average Bonchev–Trinajstić information content (AvgIpc) is 2.76. The lowest BCUT2D eigenvalue weighted by Gasteiger charge is -2.13. The van der Waals surface area contributed by atoms with Gasteiger partial charge in [0.25, 0.3) is 0 Å². The average molecular weight is 286 g/mol. The molecule has 6 nitrogen and oxygen atoms in total. The third-order valence-corrected chi connectivity index (χ3v) is 2.62. The minimum atomic E-state index is -0.721. The van der Waals surface area contributed by atoms with Crippen molar-refractivity contribution in [3.8, 4) is 0 Å². The SMILES string of the molecule is CC(C)OC[C@@H](O)COn1nnc2ccc(Cl)cc21. The van der Waals surface area contributed by atoms with Gasteiger partial charge in [0, 0.05) is 5.02 Å². The lowest BCUT2D eigenvalue weighted by Crippen LogP contribution is -2.29. The zero-order chi connectivity index (χ0) is 13.8. The van der Waals surface area contributed by atoms with Gasteiger partial charge in [-0.1, -0.05) is 16.4 Å². The van der Waals surface area contributed by atoms with Gasteiger partial charge in [-0.2, -0.15) is 0 Å². The summed E-state index contributed by atoms with van der Waals surface area (Å²) >= 11 is 5.90. The Morgan fingerprint density at radius 1 is 1.37 bits per heavy atom. The zero-order valence-corrected chi connectivity index (χ0v) is 11.5. The third kappa shape index (κ3) is 3.79. The summed E-state index contributed by atoms with van der Waals surface area (Å²) in [5.41, 5.74) is 1.33. The third-order valence-electron chi connectivity index (χ3n) is 2.39. The zero-order valence-electron chi connectivity index (χ0n) is 10.8. The Kier molecular flexibility index (Phi) is 4.57. The summed E-state index contributed by atoms with van der Waals surface area (Å²) < 4.78 is 5.28. The van der Waals surface area contributed by atoms with Crippen molar-refractivity contribution in [3.63, 3.8) is 0 Å². The van der Waals surface area contributed by atoms with E-state index in [1.54, 1.807) is 18.2 Å². The molecular weight excluding hydrogens is 270 g/mol. The number of hydrogen-bond acceptors (Lipinski definition) is 5. The minimum absolute atomic E-state index is 0.0672. The second-order valence-electron chi connectivity index (χ2n) is 4.43. The Balaban J connectivity index is 1.96. The van der Waals surface area contributed by atoms with Crippen LogP contribution < -0.4 is 4.84 Å². The fourth-order valence-corrected chi connectivity index (χ4v) is 1.64. The van der Waals surface area contributed by atoms with Crippen molar-refractivity contribution < 1.29 is 14.7 Å². The molecule has 0 radical (unpaired) electrons.